The number of rotatable bonds is 4. The van der Waals surface area contributed by atoms with Gasteiger partial charge in [0.25, 0.3) is 0 Å². The smallest absolute Gasteiger partial charge is 0.0702 e. The Kier molecular flexibility index (Phi) is 4.39. The molecule has 0 aliphatic carbocycles. The third kappa shape index (κ3) is 3.38. The summed E-state index contributed by atoms with van der Waals surface area (Å²) < 4.78 is 0. The molecule has 0 amide bonds. The summed E-state index contributed by atoms with van der Waals surface area (Å²) in [4.78, 5) is 1.88. The van der Waals surface area contributed by atoms with E-state index >= 15 is 0 Å². The molecule has 0 radical (unpaired) electrons. The zero-order valence-corrected chi connectivity index (χ0v) is 9.70. The van der Waals surface area contributed by atoms with Crippen molar-refractivity contribution in [3.8, 4) is 0 Å². The summed E-state index contributed by atoms with van der Waals surface area (Å²) in [5.74, 6) is 0. The molecule has 1 aromatic carbocycles. The number of likely N-dealkylation sites (N-methyl/N-ethyl adjacent to an activating group) is 1. The van der Waals surface area contributed by atoms with Gasteiger partial charge in [-0.05, 0) is 19.1 Å². The summed E-state index contributed by atoms with van der Waals surface area (Å²) in [6.45, 7) is 2.20. The van der Waals surface area contributed by atoms with Gasteiger partial charge in [-0.1, -0.05) is 17.7 Å². The number of nitrogens with zero attached hydrogens (tertiary/aromatic N) is 1. The first-order valence-electron chi connectivity index (χ1n) is 4.83. The molecule has 0 saturated carbocycles. The molecule has 0 bridgehead atoms. The van der Waals surface area contributed by atoms with Crippen LogP contribution in [0.15, 0.2) is 18.2 Å². The quantitative estimate of drug-likeness (QED) is 0.825. The average molecular weight is 230 g/mol. The van der Waals surface area contributed by atoms with Crippen LogP contribution in [-0.4, -0.2) is 29.9 Å². The van der Waals surface area contributed by atoms with Gasteiger partial charge < -0.3 is 15.1 Å². The molecular formula is C11H16ClNO2. The Balaban J connectivity index is 2.94. The Labute approximate surface area is 94.9 Å². The second kappa shape index (κ2) is 5.35. The van der Waals surface area contributed by atoms with Crippen LogP contribution in [0, 0.1) is 0 Å². The Hall–Kier alpha value is -0.770. The monoisotopic (exact) mass is 229 g/mol. The summed E-state index contributed by atoms with van der Waals surface area (Å²) in [6.07, 6.45) is -0.416. The van der Waals surface area contributed by atoms with E-state index < -0.39 is 6.10 Å². The van der Waals surface area contributed by atoms with Crippen LogP contribution in [0.2, 0.25) is 5.02 Å². The SMILES string of the molecule is CC(O)CN(C)c1cc(Cl)ccc1CO. The number of halogens is 1. The van der Waals surface area contributed by atoms with Gasteiger partial charge in [0.15, 0.2) is 0 Å². The van der Waals surface area contributed by atoms with E-state index in [1.54, 1.807) is 25.1 Å². The lowest BCUT2D eigenvalue weighted by atomic mass is 10.1. The van der Waals surface area contributed by atoms with Gasteiger partial charge in [0.2, 0.25) is 0 Å². The molecular weight excluding hydrogens is 214 g/mol. The second-order valence-corrected chi connectivity index (χ2v) is 4.10. The van der Waals surface area contributed by atoms with Crippen LogP contribution < -0.4 is 4.90 Å². The van der Waals surface area contributed by atoms with Crippen LogP contribution in [0.25, 0.3) is 0 Å². The molecule has 2 N–H and O–H groups in total. The molecule has 0 saturated heterocycles. The van der Waals surface area contributed by atoms with Gasteiger partial charge >= 0.3 is 0 Å². The Morgan fingerprint density at radius 1 is 1.47 bits per heavy atom. The van der Waals surface area contributed by atoms with Gasteiger partial charge in [-0.15, -0.1) is 0 Å². The van der Waals surface area contributed by atoms with Gasteiger partial charge in [0.05, 0.1) is 12.7 Å². The Bertz CT molecular complexity index is 328. The molecule has 0 aliphatic rings. The third-order valence-electron chi connectivity index (χ3n) is 2.17. The van der Waals surface area contributed by atoms with E-state index in [0.29, 0.717) is 11.6 Å². The number of anilines is 1. The van der Waals surface area contributed by atoms with Gasteiger partial charge in [-0.25, -0.2) is 0 Å². The molecule has 1 unspecified atom stereocenters. The van der Waals surface area contributed by atoms with Crippen molar-refractivity contribution < 1.29 is 10.2 Å². The highest BCUT2D eigenvalue weighted by Gasteiger charge is 2.09. The van der Waals surface area contributed by atoms with E-state index in [9.17, 15) is 5.11 Å². The normalized spacial score (nSPS) is 12.6. The fourth-order valence-electron chi connectivity index (χ4n) is 1.52. The maximum atomic E-state index is 9.28. The molecule has 0 spiro atoms. The first-order valence-corrected chi connectivity index (χ1v) is 5.21. The minimum absolute atomic E-state index is 0.0311. The Morgan fingerprint density at radius 3 is 2.67 bits per heavy atom. The molecule has 1 atom stereocenters. The molecule has 0 heterocycles. The molecule has 1 aromatic rings. The highest BCUT2D eigenvalue weighted by atomic mass is 35.5. The van der Waals surface area contributed by atoms with Crippen molar-refractivity contribution in [3.63, 3.8) is 0 Å². The fraction of sp³-hybridized carbons (Fsp3) is 0.455. The lowest BCUT2D eigenvalue weighted by molar-refractivity contribution is 0.201. The number of aliphatic hydroxyl groups is 2. The summed E-state index contributed by atoms with van der Waals surface area (Å²) in [6, 6.07) is 5.32. The van der Waals surface area contributed by atoms with E-state index in [2.05, 4.69) is 0 Å². The van der Waals surface area contributed by atoms with Crippen LogP contribution in [0.4, 0.5) is 5.69 Å². The summed E-state index contributed by atoms with van der Waals surface area (Å²) in [7, 11) is 1.86. The first kappa shape index (κ1) is 12.3. The van der Waals surface area contributed by atoms with Gasteiger partial charge in [-0.3, -0.25) is 0 Å². The zero-order valence-electron chi connectivity index (χ0n) is 8.94. The standard InChI is InChI=1S/C11H16ClNO2/c1-8(15)6-13(2)11-5-10(12)4-3-9(11)7-14/h3-5,8,14-15H,6-7H2,1-2H3. The number of benzene rings is 1. The van der Waals surface area contributed by atoms with Crippen molar-refractivity contribution in [2.75, 3.05) is 18.5 Å². The molecule has 4 heteroatoms. The zero-order chi connectivity index (χ0) is 11.4. The van der Waals surface area contributed by atoms with E-state index in [1.165, 1.54) is 0 Å². The topological polar surface area (TPSA) is 43.7 Å². The van der Waals surface area contributed by atoms with Crippen LogP contribution >= 0.6 is 11.6 Å². The number of aliphatic hydroxyl groups excluding tert-OH is 2. The summed E-state index contributed by atoms with van der Waals surface area (Å²) in [5.41, 5.74) is 1.66. The molecule has 1 rings (SSSR count). The first-order chi connectivity index (χ1) is 7.04. The lowest BCUT2D eigenvalue weighted by Gasteiger charge is -2.23. The van der Waals surface area contributed by atoms with Crippen molar-refractivity contribution in [1.29, 1.82) is 0 Å². The molecule has 3 nitrogen and oxygen atoms in total. The van der Waals surface area contributed by atoms with E-state index in [-0.39, 0.29) is 6.61 Å². The number of hydrogen-bond donors (Lipinski definition) is 2. The largest absolute Gasteiger partial charge is 0.392 e. The molecule has 0 aliphatic heterocycles. The van der Waals surface area contributed by atoms with Crippen LogP contribution in [-0.2, 0) is 6.61 Å². The van der Waals surface area contributed by atoms with Crippen molar-refractivity contribution in [3.05, 3.63) is 28.8 Å². The van der Waals surface area contributed by atoms with Crippen LogP contribution in [0.5, 0.6) is 0 Å². The van der Waals surface area contributed by atoms with Crippen LogP contribution in [0.1, 0.15) is 12.5 Å². The molecule has 84 valence electrons. The second-order valence-electron chi connectivity index (χ2n) is 3.66. The van der Waals surface area contributed by atoms with Crippen molar-refractivity contribution in [2.24, 2.45) is 0 Å². The van der Waals surface area contributed by atoms with Gasteiger partial charge in [0.1, 0.15) is 0 Å². The number of hydrogen-bond acceptors (Lipinski definition) is 3. The summed E-state index contributed by atoms with van der Waals surface area (Å²) in [5, 5.41) is 19.1. The van der Waals surface area contributed by atoms with Crippen molar-refractivity contribution in [1.82, 2.24) is 0 Å². The van der Waals surface area contributed by atoms with Crippen molar-refractivity contribution in [2.45, 2.75) is 19.6 Å². The van der Waals surface area contributed by atoms with Gasteiger partial charge in [-0.2, -0.15) is 0 Å². The predicted octanol–water partition coefficient (Wildman–Crippen LogP) is 1.65. The molecule has 0 aromatic heterocycles. The predicted molar refractivity (Wildman–Crippen MR) is 62.3 cm³/mol. The molecule has 0 fully saturated rings. The minimum Gasteiger partial charge on any atom is -0.392 e. The van der Waals surface area contributed by atoms with Gasteiger partial charge in [0, 0.05) is 29.9 Å². The maximum absolute atomic E-state index is 9.28. The minimum atomic E-state index is -0.416. The average Bonchev–Trinajstić information content (AvgIpc) is 2.16. The van der Waals surface area contributed by atoms with E-state index in [4.69, 9.17) is 16.7 Å². The molecule has 15 heavy (non-hydrogen) atoms. The highest BCUT2D eigenvalue weighted by molar-refractivity contribution is 6.30. The fourth-order valence-corrected chi connectivity index (χ4v) is 1.69. The lowest BCUT2D eigenvalue weighted by Crippen LogP contribution is -2.27. The van der Waals surface area contributed by atoms with E-state index in [1.807, 2.05) is 11.9 Å². The third-order valence-corrected chi connectivity index (χ3v) is 2.40. The Morgan fingerprint density at radius 2 is 2.13 bits per heavy atom. The highest BCUT2D eigenvalue weighted by Crippen LogP contribution is 2.24. The van der Waals surface area contributed by atoms with Crippen LogP contribution in [0.3, 0.4) is 0 Å². The summed E-state index contributed by atoms with van der Waals surface area (Å²) >= 11 is 5.88. The maximum Gasteiger partial charge on any atom is 0.0702 e. The van der Waals surface area contributed by atoms with E-state index in [0.717, 1.165) is 11.3 Å². The van der Waals surface area contributed by atoms with Crippen molar-refractivity contribution >= 4 is 17.3 Å².